The molecule has 0 atom stereocenters. The summed E-state index contributed by atoms with van der Waals surface area (Å²) in [5.41, 5.74) is 0.634. The minimum absolute atomic E-state index is 0.117. The number of thioether (sulfide) groups is 1. The van der Waals surface area contributed by atoms with Crippen LogP contribution in [0.15, 0.2) is 29.2 Å². The molecule has 1 aromatic carbocycles. The van der Waals surface area contributed by atoms with Gasteiger partial charge in [-0.25, -0.2) is 4.79 Å². The number of hydrogen-bond acceptors (Lipinski definition) is 2. The third-order valence-corrected chi connectivity index (χ3v) is 3.70. The summed E-state index contributed by atoms with van der Waals surface area (Å²) in [4.78, 5) is 14.2. The van der Waals surface area contributed by atoms with E-state index in [2.05, 4.69) is 5.32 Å². The van der Waals surface area contributed by atoms with E-state index in [9.17, 15) is 13.6 Å². The van der Waals surface area contributed by atoms with E-state index in [-0.39, 0.29) is 6.03 Å². The summed E-state index contributed by atoms with van der Waals surface area (Å²) in [5, 5.41) is 2.78. The van der Waals surface area contributed by atoms with Crippen molar-refractivity contribution in [2.24, 2.45) is 0 Å². The molecule has 1 saturated heterocycles. The van der Waals surface area contributed by atoms with Crippen molar-refractivity contribution < 1.29 is 13.6 Å². The van der Waals surface area contributed by atoms with Crippen molar-refractivity contribution in [3.05, 3.63) is 24.3 Å². The average Bonchev–Trinajstić information content (AvgIpc) is 2.41. The first-order valence-electron chi connectivity index (χ1n) is 6.26. The summed E-state index contributed by atoms with van der Waals surface area (Å²) in [5.74, 6) is -2.42. The number of anilines is 1. The lowest BCUT2D eigenvalue weighted by atomic mass is 10.1. The molecule has 19 heavy (non-hydrogen) atoms. The van der Waals surface area contributed by atoms with E-state index in [1.807, 2.05) is 0 Å². The maximum absolute atomic E-state index is 12.2. The molecule has 3 nitrogen and oxygen atoms in total. The Bertz CT molecular complexity index is 419. The summed E-state index contributed by atoms with van der Waals surface area (Å²) in [6.45, 7) is 1.57. The van der Waals surface area contributed by atoms with Crippen molar-refractivity contribution in [2.45, 2.75) is 29.9 Å². The van der Waals surface area contributed by atoms with Crippen LogP contribution in [0.4, 0.5) is 19.3 Å². The molecule has 1 aliphatic rings. The molecule has 1 aromatic rings. The van der Waals surface area contributed by atoms with Crippen LogP contribution in [0.2, 0.25) is 0 Å². The van der Waals surface area contributed by atoms with E-state index < -0.39 is 5.76 Å². The molecule has 104 valence electrons. The van der Waals surface area contributed by atoms with Gasteiger partial charge in [-0.15, -0.1) is 0 Å². The number of nitrogens with zero attached hydrogens (tertiary/aromatic N) is 1. The highest BCUT2D eigenvalue weighted by atomic mass is 32.2. The van der Waals surface area contributed by atoms with Gasteiger partial charge in [-0.3, -0.25) is 0 Å². The molecule has 0 aromatic heterocycles. The van der Waals surface area contributed by atoms with E-state index in [1.54, 1.807) is 29.2 Å². The summed E-state index contributed by atoms with van der Waals surface area (Å²) in [6, 6.07) is 6.35. The highest BCUT2D eigenvalue weighted by molar-refractivity contribution is 7.99. The average molecular weight is 286 g/mol. The molecule has 1 N–H and O–H groups in total. The van der Waals surface area contributed by atoms with Crippen molar-refractivity contribution in [3.8, 4) is 0 Å². The van der Waals surface area contributed by atoms with Crippen LogP contribution < -0.4 is 5.32 Å². The Morgan fingerprint density at radius 2 is 1.79 bits per heavy atom. The Hall–Kier alpha value is -1.30. The van der Waals surface area contributed by atoms with Crippen LogP contribution in [0.25, 0.3) is 0 Å². The monoisotopic (exact) mass is 286 g/mol. The molecule has 0 aliphatic carbocycles. The molecule has 0 unspecified atom stereocenters. The first-order chi connectivity index (χ1) is 9.15. The van der Waals surface area contributed by atoms with E-state index in [0.29, 0.717) is 22.3 Å². The topological polar surface area (TPSA) is 32.3 Å². The Morgan fingerprint density at radius 3 is 2.37 bits per heavy atom. The Kier molecular flexibility index (Phi) is 5.01. The Labute approximate surface area is 115 Å². The predicted octanol–water partition coefficient (Wildman–Crippen LogP) is 4.02. The minimum atomic E-state index is -2.42. The van der Waals surface area contributed by atoms with Crippen LogP contribution in [0, 0.1) is 0 Å². The smallest absolute Gasteiger partial charge is 0.321 e. The second-order valence-electron chi connectivity index (χ2n) is 4.38. The SMILES string of the molecule is O=C(Nc1ccc(SC(F)F)cc1)N1CCCCC1. The van der Waals surface area contributed by atoms with Crippen LogP contribution in [0.3, 0.4) is 0 Å². The number of halogens is 2. The van der Waals surface area contributed by atoms with Crippen molar-refractivity contribution >= 4 is 23.5 Å². The number of carbonyl (C=O) groups is 1. The van der Waals surface area contributed by atoms with Crippen molar-refractivity contribution in [1.82, 2.24) is 4.90 Å². The summed E-state index contributed by atoms with van der Waals surface area (Å²) in [7, 11) is 0. The molecule has 6 heteroatoms. The van der Waals surface area contributed by atoms with Gasteiger partial charge in [-0.05, 0) is 43.5 Å². The zero-order chi connectivity index (χ0) is 13.7. The Morgan fingerprint density at radius 1 is 1.16 bits per heavy atom. The van der Waals surface area contributed by atoms with Crippen molar-refractivity contribution in [2.75, 3.05) is 18.4 Å². The van der Waals surface area contributed by atoms with Crippen molar-refractivity contribution in [3.63, 3.8) is 0 Å². The number of piperidine rings is 1. The number of rotatable bonds is 3. The summed E-state index contributed by atoms with van der Waals surface area (Å²) >= 11 is 0.498. The van der Waals surface area contributed by atoms with Crippen LogP contribution in [-0.2, 0) is 0 Å². The molecule has 2 amide bonds. The van der Waals surface area contributed by atoms with Gasteiger partial charge in [0, 0.05) is 23.7 Å². The number of urea groups is 1. The number of carbonyl (C=O) groups excluding carboxylic acids is 1. The third-order valence-electron chi connectivity index (χ3n) is 2.97. The molecular weight excluding hydrogens is 270 g/mol. The fraction of sp³-hybridized carbons (Fsp3) is 0.462. The quantitative estimate of drug-likeness (QED) is 0.851. The number of hydrogen-bond donors (Lipinski definition) is 1. The molecule has 1 aliphatic heterocycles. The number of amides is 2. The second kappa shape index (κ2) is 6.75. The van der Waals surface area contributed by atoms with Gasteiger partial charge in [0.2, 0.25) is 0 Å². The zero-order valence-corrected chi connectivity index (χ0v) is 11.3. The number of benzene rings is 1. The molecule has 0 bridgehead atoms. The standard InChI is InChI=1S/C13H16F2N2OS/c14-12(15)19-11-6-4-10(5-7-11)16-13(18)17-8-2-1-3-9-17/h4-7,12H,1-3,8-9H2,(H,16,18). The zero-order valence-electron chi connectivity index (χ0n) is 10.4. The van der Waals surface area contributed by atoms with Gasteiger partial charge >= 0.3 is 6.03 Å². The lowest BCUT2D eigenvalue weighted by Crippen LogP contribution is -2.38. The number of alkyl halides is 2. The van der Waals surface area contributed by atoms with Crippen LogP contribution in [-0.4, -0.2) is 29.8 Å². The first kappa shape index (κ1) is 14.1. The van der Waals surface area contributed by atoms with Gasteiger partial charge in [0.15, 0.2) is 0 Å². The van der Waals surface area contributed by atoms with E-state index in [0.717, 1.165) is 25.9 Å². The van der Waals surface area contributed by atoms with Crippen LogP contribution in [0.1, 0.15) is 19.3 Å². The van der Waals surface area contributed by atoms with Gasteiger partial charge < -0.3 is 10.2 Å². The van der Waals surface area contributed by atoms with E-state index in [1.165, 1.54) is 6.42 Å². The minimum Gasteiger partial charge on any atom is -0.325 e. The highest BCUT2D eigenvalue weighted by Crippen LogP contribution is 2.26. The Balaban J connectivity index is 1.89. The lowest BCUT2D eigenvalue weighted by molar-refractivity contribution is 0.200. The molecule has 0 radical (unpaired) electrons. The number of nitrogens with one attached hydrogen (secondary N) is 1. The molecule has 1 fully saturated rings. The first-order valence-corrected chi connectivity index (χ1v) is 7.14. The normalized spacial score (nSPS) is 15.6. The number of likely N-dealkylation sites (tertiary alicyclic amines) is 1. The van der Waals surface area contributed by atoms with Gasteiger partial charge in [0.1, 0.15) is 0 Å². The van der Waals surface area contributed by atoms with Gasteiger partial charge in [-0.2, -0.15) is 8.78 Å². The highest BCUT2D eigenvalue weighted by Gasteiger charge is 2.16. The molecule has 0 spiro atoms. The maximum atomic E-state index is 12.2. The lowest BCUT2D eigenvalue weighted by Gasteiger charge is -2.26. The van der Waals surface area contributed by atoms with Gasteiger partial charge in [-0.1, -0.05) is 11.8 Å². The molecule has 1 heterocycles. The molecular formula is C13H16F2N2OS. The van der Waals surface area contributed by atoms with Gasteiger partial charge in [0.05, 0.1) is 0 Å². The third kappa shape index (κ3) is 4.38. The van der Waals surface area contributed by atoms with E-state index >= 15 is 0 Å². The molecule has 2 rings (SSSR count). The van der Waals surface area contributed by atoms with Gasteiger partial charge in [0.25, 0.3) is 5.76 Å². The fourth-order valence-corrected chi connectivity index (χ4v) is 2.52. The maximum Gasteiger partial charge on any atom is 0.321 e. The molecule has 0 saturated carbocycles. The summed E-state index contributed by atoms with van der Waals surface area (Å²) in [6.07, 6.45) is 3.25. The van der Waals surface area contributed by atoms with Crippen LogP contribution in [0.5, 0.6) is 0 Å². The largest absolute Gasteiger partial charge is 0.325 e. The van der Waals surface area contributed by atoms with Crippen molar-refractivity contribution in [1.29, 1.82) is 0 Å². The summed E-state index contributed by atoms with van der Waals surface area (Å²) < 4.78 is 24.3. The van der Waals surface area contributed by atoms with E-state index in [4.69, 9.17) is 0 Å². The fourth-order valence-electron chi connectivity index (χ4n) is 2.02. The predicted molar refractivity (Wildman–Crippen MR) is 72.7 cm³/mol. The second-order valence-corrected chi connectivity index (χ2v) is 5.44. The van der Waals surface area contributed by atoms with Crippen LogP contribution >= 0.6 is 11.8 Å².